The van der Waals surface area contributed by atoms with Gasteiger partial charge in [-0.2, -0.15) is 0 Å². The third-order valence-electron chi connectivity index (χ3n) is 2.16. The minimum Gasteiger partial charge on any atom is -0.466 e. The summed E-state index contributed by atoms with van der Waals surface area (Å²) < 4.78 is 9.18. The molecule has 0 bridgehead atoms. The van der Waals surface area contributed by atoms with E-state index in [9.17, 15) is 9.59 Å². The van der Waals surface area contributed by atoms with E-state index in [-0.39, 0.29) is 0 Å². The van der Waals surface area contributed by atoms with Crippen LogP contribution in [0.25, 0.3) is 0 Å². The standard InChI is InChI=1S/C11H18O4/c1-5-6-7-9(11(13)15-4)8(2)10(12)14-3/h5-7H2,1-4H3/b9-8-. The molecular weight excluding hydrogens is 196 g/mol. The second kappa shape index (κ2) is 7.04. The van der Waals surface area contributed by atoms with Crippen molar-refractivity contribution in [3.8, 4) is 0 Å². The molecule has 0 unspecified atom stereocenters. The van der Waals surface area contributed by atoms with E-state index in [2.05, 4.69) is 9.47 Å². The molecule has 0 aliphatic heterocycles. The van der Waals surface area contributed by atoms with Crippen LogP contribution in [0.15, 0.2) is 11.1 Å². The van der Waals surface area contributed by atoms with Crippen LogP contribution in [0, 0.1) is 0 Å². The second-order valence-corrected chi connectivity index (χ2v) is 3.19. The van der Waals surface area contributed by atoms with Gasteiger partial charge < -0.3 is 9.47 Å². The highest BCUT2D eigenvalue weighted by molar-refractivity contribution is 5.99. The predicted molar refractivity (Wildman–Crippen MR) is 56.3 cm³/mol. The molecule has 0 amide bonds. The Morgan fingerprint density at radius 3 is 2.00 bits per heavy atom. The van der Waals surface area contributed by atoms with Gasteiger partial charge in [-0.05, 0) is 19.8 Å². The Balaban J connectivity index is 4.88. The molecule has 0 radical (unpaired) electrons. The lowest BCUT2D eigenvalue weighted by atomic mass is 10.0. The fraction of sp³-hybridized carbons (Fsp3) is 0.636. The van der Waals surface area contributed by atoms with Crippen molar-refractivity contribution in [3.63, 3.8) is 0 Å². The molecular formula is C11H18O4. The Morgan fingerprint density at radius 1 is 1.07 bits per heavy atom. The smallest absolute Gasteiger partial charge is 0.334 e. The molecule has 0 heterocycles. The van der Waals surface area contributed by atoms with Gasteiger partial charge in [-0.1, -0.05) is 13.3 Å². The van der Waals surface area contributed by atoms with Gasteiger partial charge in [0.1, 0.15) is 0 Å². The predicted octanol–water partition coefficient (Wildman–Crippen LogP) is 1.84. The van der Waals surface area contributed by atoms with Gasteiger partial charge in [0.15, 0.2) is 0 Å². The summed E-state index contributed by atoms with van der Waals surface area (Å²) in [4.78, 5) is 22.6. The van der Waals surface area contributed by atoms with Crippen LogP contribution in [0.5, 0.6) is 0 Å². The lowest BCUT2D eigenvalue weighted by Gasteiger charge is -2.08. The van der Waals surface area contributed by atoms with E-state index in [1.54, 1.807) is 6.92 Å². The van der Waals surface area contributed by atoms with Crippen LogP contribution < -0.4 is 0 Å². The Bertz CT molecular complexity index is 266. The average molecular weight is 214 g/mol. The monoisotopic (exact) mass is 214 g/mol. The molecule has 0 N–H and O–H groups in total. The Labute approximate surface area is 90.2 Å². The average Bonchev–Trinajstić information content (AvgIpc) is 2.27. The zero-order chi connectivity index (χ0) is 11.8. The molecule has 0 aromatic heterocycles. The van der Waals surface area contributed by atoms with Crippen LogP contribution >= 0.6 is 0 Å². The number of ether oxygens (including phenoxy) is 2. The van der Waals surface area contributed by atoms with Crippen LogP contribution in [0.2, 0.25) is 0 Å². The zero-order valence-electron chi connectivity index (χ0n) is 9.75. The van der Waals surface area contributed by atoms with Crippen molar-refractivity contribution in [2.45, 2.75) is 33.1 Å². The number of hydrogen-bond acceptors (Lipinski definition) is 4. The van der Waals surface area contributed by atoms with Gasteiger partial charge in [0.25, 0.3) is 0 Å². The van der Waals surface area contributed by atoms with Crippen molar-refractivity contribution in [1.82, 2.24) is 0 Å². The third kappa shape index (κ3) is 4.14. The van der Waals surface area contributed by atoms with E-state index < -0.39 is 11.9 Å². The van der Waals surface area contributed by atoms with Crippen LogP contribution in [0.4, 0.5) is 0 Å². The number of hydrogen-bond donors (Lipinski definition) is 0. The molecule has 0 saturated carbocycles. The Kier molecular flexibility index (Phi) is 6.42. The lowest BCUT2D eigenvalue weighted by Crippen LogP contribution is -2.13. The van der Waals surface area contributed by atoms with Gasteiger partial charge >= 0.3 is 11.9 Å². The van der Waals surface area contributed by atoms with Gasteiger partial charge in [0.05, 0.1) is 14.2 Å². The van der Waals surface area contributed by atoms with Gasteiger partial charge in [0.2, 0.25) is 0 Å². The molecule has 0 fully saturated rings. The molecule has 4 heteroatoms. The summed E-state index contributed by atoms with van der Waals surface area (Å²) >= 11 is 0. The highest BCUT2D eigenvalue weighted by Crippen LogP contribution is 2.15. The molecule has 15 heavy (non-hydrogen) atoms. The number of unbranched alkanes of at least 4 members (excludes halogenated alkanes) is 1. The molecule has 0 aliphatic carbocycles. The molecule has 0 rings (SSSR count). The summed E-state index contributed by atoms with van der Waals surface area (Å²) in [6.07, 6.45) is 2.35. The van der Waals surface area contributed by atoms with Crippen LogP contribution in [0.1, 0.15) is 33.1 Å². The highest BCUT2D eigenvalue weighted by Gasteiger charge is 2.17. The highest BCUT2D eigenvalue weighted by atomic mass is 16.5. The minimum atomic E-state index is -0.480. The van der Waals surface area contributed by atoms with Crippen LogP contribution in [-0.4, -0.2) is 26.2 Å². The summed E-state index contributed by atoms with van der Waals surface area (Å²) in [5.41, 5.74) is 0.740. The molecule has 86 valence electrons. The molecule has 0 saturated heterocycles. The van der Waals surface area contributed by atoms with Gasteiger partial charge in [-0.15, -0.1) is 0 Å². The fourth-order valence-corrected chi connectivity index (χ4v) is 1.20. The number of carbonyl (C=O) groups is 2. The van der Waals surface area contributed by atoms with E-state index in [4.69, 9.17) is 0 Å². The van der Waals surface area contributed by atoms with Crippen molar-refractivity contribution in [1.29, 1.82) is 0 Å². The maximum absolute atomic E-state index is 11.4. The van der Waals surface area contributed by atoms with Crippen LogP contribution in [0.3, 0.4) is 0 Å². The Hall–Kier alpha value is -1.32. The van der Waals surface area contributed by atoms with E-state index in [1.807, 2.05) is 6.92 Å². The molecule has 0 spiro atoms. The van der Waals surface area contributed by atoms with Crippen molar-refractivity contribution in [2.75, 3.05) is 14.2 Å². The van der Waals surface area contributed by atoms with Crippen molar-refractivity contribution in [3.05, 3.63) is 11.1 Å². The normalized spacial score (nSPS) is 11.7. The first-order chi connectivity index (χ1) is 7.08. The van der Waals surface area contributed by atoms with Crippen LogP contribution in [-0.2, 0) is 19.1 Å². The number of carbonyl (C=O) groups excluding carboxylic acids is 2. The maximum Gasteiger partial charge on any atom is 0.334 e. The largest absolute Gasteiger partial charge is 0.466 e. The quantitative estimate of drug-likeness (QED) is 0.517. The summed E-state index contributed by atoms with van der Waals surface area (Å²) in [5.74, 6) is -0.933. The fourth-order valence-electron chi connectivity index (χ4n) is 1.20. The first kappa shape index (κ1) is 13.7. The first-order valence-corrected chi connectivity index (χ1v) is 4.94. The van der Waals surface area contributed by atoms with E-state index >= 15 is 0 Å². The summed E-state index contributed by atoms with van der Waals surface area (Å²) in [6.45, 7) is 3.59. The number of esters is 2. The Morgan fingerprint density at radius 2 is 1.60 bits per heavy atom. The first-order valence-electron chi connectivity index (χ1n) is 4.94. The van der Waals surface area contributed by atoms with Crippen molar-refractivity contribution >= 4 is 11.9 Å². The van der Waals surface area contributed by atoms with Crippen molar-refractivity contribution in [2.24, 2.45) is 0 Å². The van der Waals surface area contributed by atoms with E-state index in [0.717, 1.165) is 12.8 Å². The van der Waals surface area contributed by atoms with Gasteiger partial charge in [-0.3, -0.25) is 0 Å². The van der Waals surface area contributed by atoms with E-state index in [1.165, 1.54) is 14.2 Å². The third-order valence-corrected chi connectivity index (χ3v) is 2.16. The molecule has 0 atom stereocenters. The van der Waals surface area contributed by atoms with E-state index in [0.29, 0.717) is 17.6 Å². The topological polar surface area (TPSA) is 52.6 Å². The summed E-state index contributed by atoms with van der Waals surface area (Å²) in [7, 11) is 2.60. The lowest BCUT2D eigenvalue weighted by molar-refractivity contribution is -0.139. The molecule has 0 aliphatic rings. The summed E-state index contributed by atoms with van der Waals surface area (Å²) in [5, 5.41) is 0. The summed E-state index contributed by atoms with van der Waals surface area (Å²) in [6, 6.07) is 0. The van der Waals surface area contributed by atoms with Gasteiger partial charge in [0, 0.05) is 11.1 Å². The number of methoxy groups -OCH3 is 2. The zero-order valence-corrected chi connectivity index (χ0v) is 9.75. The van der Waals surface area contributed by atoms with Gasteiger partial charge in [-0.25, -0.2) is 9.59 Å². The maximum atomic E-state index is 11.4. The minimum absolute atomic E-state index is 0.331. The molecule has 4 nitrogen and oxygen atoms in total. The second-order valence-electron chi connectivity index (χ2n) is 3.19. The van der Waals surface area contributed by atoms with Crippen molar-refractivity contribution < 1.29 is 19.1 Å². The molecule has 0 aromatic carbocycles. The SMILES string of the molecule is CCCC/C(C(=O)OC)=C(\C)C(=O)OC. The number of rotatable bonds is 5. The molecule has 0 aromatic rings.